The summed E-state index contributed by atoms with van der Waals surface area (Å²) in [7, 11) is 0. The molecule has 0 heterocycles. The van der Waals surface area contributed by atoms with E-state index in [-0.39, 0.29) is 11.8 Å². The Hall–Kier alpha value is -1.52. The molecular formula is C15H16FNOS. The van der Waals surface area contributed by atoms with Crippen LogP contribution in [0.15, 0.2) is 47.4 Å². The van der Waals surface area contributed by atoms with Gasteiger partial charge in [0.1, 0.15) is 5.75 Å². The van der Waals surface area contributed by atoms with E-state index in [1.165, 1.54) is 6.07 Å². The van der Waals surface area contributed by atoms with Crippen molar-refractivity contribution >= 4 is 11.8 Å². The largest absolute Gasteiger partial charge is 0.453 e. The van der Waals surface area contributed by atoms with Crippen molar-refractivity contribution in [2.45, 2.75) is 17.9 Å². The number of hydrogen-bond acceptors (Lipinski definition) is 3. The third kappa shape index (κ3) is 3.08. The average molecular weight is 277 g/mol. The lowest BCUT2D eigenvalue weighted by atomic mass is 10.1. The Bertz CT molecular complexity index is 572. The molecular weight excluding hydrogens is 261 g/mol. The van der Waals surface area contributed by atoms with E-state index in [0.29, 0.717) is 11.3 Å². The number of para-hydroxylation sites is 2. The van der Waals surface area contributed by atoms with Gasteiger partial charge in [-0.25, -0.2) is 4.39 Å². The molecule has 0 saturated heterocycles. The highest BCUT2D eigenvalue weighted by Crippen LogP contribution is 2.35. The van der Waals surface area contributed by atoms with Gasteiger partial charge in [0.2, 0.25) is 0 Å². The Labute approximate surface area is 116 Å². The highest BCUT2D eigenvalue weighted by Gasteiger charge is 2.15. The molecule has 0 aliphatic carbocycles. The third-order valence-corrected chi connectivity index (χ3v) is 3.55. The van der Waals surface area contributed by atoms with E-state index in [1.54, 1.807) is 23.9 Å². The minimum atomic E-state index is -0.397. The van der Waals surface area contributed by atoms with Crippen LogP contribution in [-0.4, -0.2) is 6.26 Å². The molecule has 0 saturated carbocycles. The second-order valence-corrected chi connectivity index (χ2v) is 5.05. The summed E-state index contributed by atoms with van der Waals surface area (Å²) in [5.41, 5.74) is 6.52. The van der Waals surface area contributed by atoms with Gasteiger partial charge in [-0.15, -0.1) is 11.8 Å². The van der Waals surface area contributed by atoms with Crippen LogP contribution in [-0.2, 0) is 0 Å². The van der Waals surface area contributed by atoms with Gasteiger partial charge in [-0.05, 0) is 31.4 Å². The molecule has 100 valence electrons. The summed E-state index contributed by atoms with van der Waals surface area (Å²) in [6.07, 6.45) is 1.95. The zero-order chi connectivity index (χ0) is 13.8. The Kier molecular flexibility index (Phi) is 4.45. The van der Waals surface area contributed by atoms with Crippen molar-refractivity contribution in [3.8, 4) is 11.5 Å². The number of rotatable bonds is 4. The van der Waals surface area contributed by atoms with Gasteiger partial charge in [0.05, 0.1) is 0 Å². The fourth-order valence-corrected chi connectivity index (χ4v) is 2.33. The van der Waals surface area contributed by atoms with Crippen molar-refractivity contribution in [2.24, 2.45) is 5.73 Å². The summed E-state index contributed by atoms with van der Waals surface area (Å²) < 4.78 is 19.7. The number of halogens is 1. The smallest absolute Gasteiger partial charge is 0.167 e. The number of hydrogen-bond donors (Lipinski definition) is 1. The molecule has 0 bridgehead atoms. The first kappa shape index (κ1) is 13.9. The SMILES string of the molecule is CSc1ccccc1Oc1c(F)cccc1[C@@H](C)N. The summed E-state index contributed by atoms with van der Waals surface area (Å²) >= 11 is 1.56. The summed E-state index contributed by atoms with van der Waals surface area (Å²) in [6, 6.07) is 12.1. The van der Waals surface area contributed by atoms with E-state index in [9.17, 15) is 4.39 Å². The second kappa shape index (κ2) is 6.08. The molecule has 0 unspecified atom stereocenters. The normalized spacial score (nSPS) is 12.2. The van der Waals surface area contributed by atoms with Gasteiger partial charge in [-0.1, -0.05) is 24.3 Å². The lowest BCUT2D eigenvalue weighted by Gasteiger charge is -2.15. The van der Waals surface area contributed by atoms with Crippen LogP contribution >= 0.6 is 11.8 Å². The van der Waals surface area contributed by atoms with E-state index >= 15 is 0 Å². The molecule has 2 rings (SSSR count). The lowest BCUT2D eigenvalue weighted by molar-refractivity contribution is 0.424. The average Bonchev–Trinajstić information content (AvgIpc) is 2.41. The first-order chi connectivity index (χ1) is 9.13. The van der Waals surface area contributed by atoms with Crippen molar-refractivity contribution < 1.29 is 9.13 Å². The van der Waals surface area contributed by atoms with Crippen molar-refractivity contribution in [1.82, 2.24) is 0 Å². The van der Waals surface area contributed by atoms with Gasteiger partial charge in [-0.2, -0.15) is 0 Å². The zero-order valence-corrected chi connectivity index (χ0v) is 11.7. The lowest BCUT2D eigenvalue weighted by Crippen LogP contribution is -2.07. The minimum Gasteiger partial charge on any atom is -0.453 e. The molecule has 0 spiro atoms. The molecule has 0 radical (unpaired) electrons. The molecule has 19 heavy (non-hydrogen) atoms. The van der Waals surface area contributed by atoms with Gasteiger partial charge in [0.15, 0.2) is 11.6 Å². The highest BCUT2D eigenvalue weighted by atomic mass is 32.2. The first-order valence-electron chi connectivity index (χ1n) is 5.98. The van der Waals surface area contributed by atoms with E-state index < -0.39 is 5.82 Å². The Morgan fingerprint density at radius 2 is 1.89 bits per heavy atom. The summed E-state index contributed by atoms with van der Waals surface area (Å²) in [6.45, 7) is 1.81. The molecule has 2 N–H and O–H groups in total. The van der Waals surface area contributed by atoms with Crippen molar-refractivity contribution in [3.63, 3.8) is 0 Å². The quantitative estimate of drug-likeness (QED) is 0.843. The standard InChI is InChI=1S/C15H16FNOS/c1-10(17)11-6-5-7-12(16)15(11)18-13-8-3-4-9-14(13)19-2/h3-10H,17H2,1-2H3/t10-/m1/s1. The molecule has 2 nitrogen and oxygen atoms in total. The fourth-order valence-electron chi connectivity index (χ4n) is 1.80. The van der Waals surface area contributed by atoms with Crippen LogP contribution in [0.5, 0.6) is 11.5 Å². The van der Waals surface area contributed by atoms with Crippen LogP contribution in [0, 0.1) is 5.82 Å². The van der Waals surface area contributed by atoms with Gasteiger partial charge >= 0.3 is 0 Å². The van der Waals surface area contributed by atoms with Crippen molar-refractivity contribution in [2.75, 3.05) is 6.26 Å². The molecule has 1 atom stereocenters. The number of nitrogens with two attached hydrogens (primary N) is 1. The maximum absolute atomic E-state index is 13.9. The van der Waals surface area contributed by atoms with E-state index in [4.69, 9.17) is 10.5 Å². The molecule has 2 aromatic rings. The number of thioether (sulfide) groups is 1. The minimum absolute atomic E-state index is 0.207. The van der Waals surface area contributed by atoms with Crippen LogP contribution < -0.4 is 10.5 Å². The molecule has 0 aromatic heterocycles. The molecule has 0 amide bonds. The van der Waals surface area contributed by atoms with Gasteiger partial charge < -0.3 is 10.5 Å². The predicted molar refractivity (Wildman–Crippen MR) is 77.3 cm³/mol. The van der Waals surface area contributed by atoms with E-state index in [0.717, 1.165) is 4.90 Å². The Morgan fingerprint density at radius 1 is 1.16 bits per heavy atom. The summed E-state index contributed by atoms with van der Waals surface area (Å²) in [4.78, 5) is 0.960. The topological polar surface area (TPSA) is 35.2 Å². The van der Waals surface area contributed by atoms with Crippen molar-refractivity contribution in [1.29, 1.82) is 0 Å². The van der Waals surface area contributed by atoms with Crippen molar-refractivity contribution in [3.05, 3.63) is 53.8 Å². The molecule has 0 fully saturated rings. The zero-order valence-electron chi connectivity index (χ0n) is 10.9. The maximum Gasteiger partial charge on any atom is 0.167 e. The molecule has 4 heteroatoms. The second-order valence-electron chi connectivity index (χ2n) is 4.20. The Morgan fingerprint density at radius 3 is 2.58 bits per heavy atom. The molecule has 2 aromatic carbocycles. The van der Waals surface area contributed by atoms with Crippen LogP contribution in [0.3, 0.4) is 0 Å². The molecule has 0 aliphatic rings. The molecule has 0 aliphatic heterocycles. The summed E-state index contributed by atoms with van der Waals surface area (Å²) in [5, 5.41) is 0. The van der Waals surface area contributed by atoms with Gasteiger partial charge in [-0.3, -0.25) is 0 Å². The Balaban J connectivity index is 2.43. The fraction of sp³-hybridized carbons (Fsp3) is 0.200. The van der Waals surface area contributed by atoms with Crippen LogP contribution in [0.1, 0.15) is 18.5 Å². The van der Waals surface area contributed by atoms with Crippen LogP contribution in [0.4, 0.5) is 4.39 Å². The third-order valence-electron chi connectivity index (χ3n) is 2.77. The maximum atomic E-state index is 13.9. The number of benzene rings is 2. The van der Waals surface area contributed by atoms with E-state index in [1.807, 2.05) is 37.4 Å². The van der Waals surface area contributed by atoms with Crippen LogP contribution in [0.25, 0.3) is 0 Å². The highest BCUT2D eigenvalue weighted by molar-refractivity contribution is 7.98. The monoisotopic (exact) mass is 277 g/mol. The van der Waals surface area contributed by atoms with Gasteiger partial charge in [0.25, 0.3) is 0 Å². The van der Waals surface area contributed by atoms with E-state index in [2.05, 4.69) is 0 Å². The summed E-state index contributed by atoms with van der Waals surface area (Å²) in [5.74, 6) is 0.451. The first-order valence-corrected chi connectivity index (χ1v) is 7.21. The predicted octanol–water partition coefficient (Wildman–Crippen LogP) is 4.36. The number of ether oxygens (including phenoxy) is 1. The van der Waals surface area contributed by atoms with Crippen LogP contribution in [0.2, 0.25) is 0 Å². The van der Waals surface area contributed by atoms with Gasteiger partial charge in [0, 0.05) is 16.5 Å².